The summed E-state index contributed by atoms with van der Waals surface area (Å²) in [5.41, 5.74) is 13.1. The molecule has 0 heterocycles. The molecular weight excluding hydrogens is 119 g/mol. The Morgan fingerprint density at radius 2 is 1.90 bits per heavy atom. The van der Waals surface area contributed by atoms with Gasteiger partial charge in [-0.15, -0.1) is 17.7 Å². The number of benzene rings is 1. The Bertz CT molecular complexity index is 223. The predicted molar refractivity (Wildman–Crippen MR) is 38.8 cm³/mol. The van der Waals surface area contributed by atoms with Crippen LogP contribution in [0.25, 0.3) is 0 Å². The van der Waals surface area contributed by atoms with Crippen molar-refractivity contribution in [3.8, 4) is 0 Å². The van der Waals surface area contributed by atoms with E-state index in [0.29, 0.717) is 11.4 Å². The molecule has 0 aliphatic rings. The van der Waals surface area contributed by atoms with Crippen LogP contribution in [0, 0.1) is 13.0 Å². The molecule has 48 valence electrons. The van der Waals surface area contributed by atoms with Gasteiger partial charge in [-0.05, 0) is 0 Å². The smallest absolute Gasteiger partial charge is 0.420 e. The first-order valence-electron chi connectivity index (χ1n) is 2.74. The Morgan fingerprint density at radius 1 is 1.30 bits per heavy atom. The van der Waals surface area contributed by atoms with Crippen molar-refractivity contribution >= 4 is 11.4 Å². The minimum absolute atomic E-state index is 0. The molecule has 1 aromatic rings. The average Bonchev–Trinajstić information content (AvgIpc) is 1.80. The SMILES string of the molecule is Cc1ccc(N)[c-]c1N.[Li+]. The molecule has 0 aliphatic heterocycles. The van der Waals surface area contributed by atoms with Gasteiger partial charge in [-0.25, -0.2) is 0 Å². The van der Waals surface area contributed by atoms with Crippen LogP contribution in [-0.4, -0.2) is 0 Å². The van der Waals surface area contributed by atoms with Gasteiger partial charge in [0.1, 0.15) is 0 Å². The zero-order chi connectivity index (χ0) is 6.85. The van der Waals surface area contributed by atoms with Gasteiger partial charge in [0, 0.05) is 0 Å². The maximum atomic E-state index is 5.49. The molecule has 1 rings (SSSR count). The first-order valence-corrected chi connectivity index (χ1v) is 2.74. The summed E-state index contributed by atoms with van der Waals surface area (Å²) in [4.78, 5) is 0. The summed E-state index contributed by atoms with van der Waals surface area (Å²) in [6, 6.07) is 6.45. The monoisotopic (exact) mass is 128 g/mol. The van der Waals surface area contributed by atoms with Crippen LogP contribution >= 0.6 is 0 Å². The van der Waals surface area contributed by atoms with Crippen LogP contribution in [-0.2, 0) is 0 Å². The molecule has 10 heavy (non-hydrogen) atoms. The summed E-state index contributed by atoms with van der Waals surface area (Å²) >= 11 is 0. The average molecular weight is 128 g/mol. The van der Waals surface area contributed by atoms with E-state index in [2.05, 4.69) is 6.07 Å². The number of nitrogens with two attached hydrogens (primary N) is 2. The zero-order valence-electron chi connectivity index (χ0n) is 6.31. The van der Waals surface area contributed by atoms with E-state index in [1.54, 1.807) is 6.07 Å². The second-order valence-electron chi connectivity index (χ2n) is 2.01. The van der Waals surface area contributed by atoms with Crippen LogP contribution in [0.1, 0.15) is 5.56 Å². The van der Waals surface area contributed by atoms with E-state index in [9.17, 15) is 0 Å². The summed E-state index contributed by atoms with van der Waals surface area (Å²) in [7, 11) is 0. The van der Waals surface area contributed by atoms with Crippen LogP contribution in [0.2, 0.25) is 0 Å². The van der Waals surface area contributed by atoms with Crippen molar-refractivity contribution in [1.29, 1.82) is 0 Å². The van der Waals surface area contributed by atoms with Gasteiger partial charge in [-0.2, -0.15) is 6.07 Å². The maximum absolute atomic E-state index is 5.49. The summed E-state index contributed by atoms with van der Waals surface area (Å²) in [5, 5.41) is 0. The summed E-state index contributed by atoms with van der Waals surface area (Å²) in [6.45, 7) is 1.92. The molecule has 0 atom stereocenters. The number of aryl methyl sites for hydroxylation is 1. The minimum atomic E-state index is 0. The molecule has 0 fully saturated rings. The molecule has 0 aromatic heterocycles. The van der Waals surface area contributed by atoms with Gasteiger partial charge in [0.25, 0.3) is 0 Å². The number of nitrogen functional groups attached to an aromatic ring is 2. The molecule has 0 spiro atoms. The van der Waals surface area contributed by atoms with Crippen LogP contribution in [0.15, 0.2) is 12.1 Å². The standard InChI is InChI=1S/C7H9N2.Li/c1-5-2-3-6(8)4-7(5)9;/h2-3H,8-9H2,1H3;/q-1;+1. The van der Waals surface area contributed by atoms with Crippen molar-refractivity contribution in [1.82, 2.24) is 0 Å². The summed E-state index contributed by atoms with van der Waals surface area (Å²) < 4.78 is 0. The maximum Gasteiger partial charge on any atom is 1.00 e. The number of rotatable bonds is 0. The third-order valence-electron chi connectivity index (χ3n) is 1.22. The van der Waals surface area contributed by atoms with Crippen molar-refractivity contribution in [2.75, 3.05) is 11.5 Å². The molecule has 0 saturated heterocycles. The molecule has 0 amide bonds. The van der Waals surface area contributed by atoms with E-state index < -0.39 is 0 Å². The number of anilines is 2. The number of hydrogen-bond acceptors (Lipinski definition) is 2. The van der Waals surface area contributed by atoms with E-state index in [1.807, 2.05) is 13.0 Å². The molecule has 1 aromatic carbocycles. The largest absolute Gasteiger partial charge is 1.00 e. The summed E-state index contributed by atoms with van der Waals surface area (Å²) in [6.07, 6.45) is 0. The molecular formula is C7H9LiN2. The topological polar surface area (TPSA) is 52.0 Å². The van der Waals surface area contributed by atoms with Crippen LogP contribution in [0.5, 0.6) is 0 Å². The third kappa shape index (κ3) is 1.98. The fourth-order valence-electron chi connectivity index (χ4n) is 0.600. The summed E-state index contributed by atoms with van der Waals surface area (Å²) in [5.74, 6) is 0. The Balaban J connectivity index is 0.000000810. The molecule has 0 aliphatic carbocycles. The van der Waals surface area contributed by atoms with Crippen LogP contribution in [0.3, 0.4) is 0 Å². The second kappa shape index (κ2) is 3.55. The predicted octanol–water partition coefficient (Wildman–Crippen LogP) is -2.04. The quantitative estimate of drug-likeness (QED) is 0.240. The van der Waals surface area contributed by atoms with Gasteiger partial charge in [0.2, 0.25) is 0 Å². The number of hydrogen-bond donors (Lipinski definition) is 2. The first kappa shape index (κ1) is 9.42. The van der Waals surface area contributed by atoms with Crippen molar-refractivity contribution in [2.45, 2.75) is 6.92 Å². The van der Waals surface area contributed by atoms with E-state index in [-0.39, 0.29) is 18.9 Å². The molecule has 2 nitrogen and oxygen atoms in total. The van der Waals surface area contributed by atoms with E-state index in [4.69, 9.17) is 11.5 Å². The van der Waals surface area contributed by atoms with Gasteiger partial charge < -0.3 is 11.5 Å². The first-order chi connectivity index (χ1) is 4.20. The normalized spacial score (nSPS) is 8.50. The van der Waals surface area contributed by atoms with Crippen LogP contribution < -0.4 is 30.3 Å². The fourth-order valence-corrected chi connectivity index (χ4v) is 0.600. The van der Waals surface area contributed by atoms with Crippen LogP contribution in [0.4, 0.5) is 11.4 Å². The third-order valence-corrected chi connectivity index (χ3v) is 1.22. The Hall–Kier alpha value is -0.583. The molecule has 4 N–H and O–H groups in total. The van der Waals surface area contributed by atoms with Gasteiger partial charge in [-0.1, -0.05) is 18.3 Å². The minimum Gasteiger partial charge on any atom is -0.420 e. The second-order valence-corrected chi connectivity index (χ2v) is 2.01. The molecule has 0 saturated carbocycles. The Morgan fingerprint density at radius 3 is 2.30 bits per heavy atom. The molecule has 0 unspecified atom stereocenters. The van der Waals surface area contributed by atoms with Gasteiger partial charge >= 0.3 is 18.9 Å². The zero-order valence-corrected chi connectivity index (χ0v) is 6.31. The van der Waals surface area contributed by atoms with Gasteiger partial charge in [0.05, 0.1) is 0 Å². The van der Waals surface area contributed by atoms with Crippen molar-refractivity contribution < 1.29 is 18.9 Å². The van der Waals surface area contributed by atoms with E-state index in [0.717, 1.165) is 5.56 Å². The van der Waals surface area contributed by atoms with Gasteiger partial charge in [-0.3, -0.25) is 0 Å². The van der Waals surface area contributed by atoms with Crippen molar-refractivity contribution in [3.05, 3.63) is 23.8 Å². The van der Waals surface area contributed by atoms with Gasteiger partial charge in [0.15, 0.2) is 0 Å². The Kier molecular flexibility index (Phi) is 3.35. The molecule has 0 bridgehead atoms. The van der Waals surface area contributed by atoms with Crippen molar-refractivity contribution in [2.24, 2.45) is 0 Å². The van der Waals surface area contributed by atoms with E-state index >= 15 is 0 Å². The van der Waals surface area contributed by atoms with E-state index in [1.165, 1.54) is 0 Å². The molecule has 0 radical (unpaired) electrons. The Labute approximate surface area is 72.8 Å². The van der Waals surface area contributed by atoms with Crippen molar-refractivity contribution in [3.63, 3.8) is 0 Å². The molecule has 3 heteroatoms. The fraction of sp³-hybridized carbons (Fsp3) is 0.143.